The number of aromatic nitrogens is 1. The zero-order chi connectivity index (χ0) is 13.4. The number of nitrogens with one attached hydrogen (secondary N) is 1. The number of nitrogens with zero attached hydrogens (tertiary/aromatic N) is 1. The molecule has 0 unspecified atom stereocenters. The van der Waals surface area contributed by atoms with Crippen molar-refractivity contribution in [2.45, 2.75) is 31.6 Å². The van der Waals surface area contributed by atoms with Crippen molar-refractivity contribution in [3.05, 3.63) is 34.7 Å². The predicted octanol–water partition coefficient (Wildman–Crippen LogP) is 3.97. The Balaban J connectivity index is 2.21. The van der Waals surface area contributed by atoms with E-state index in [0.29, 0.717) is 27.5 Å². The SMILES string of the molecule is NNc1cc(C2CCCC2)nc2c(F)cc(Cl)cc12. The smallest absolute Gasteiger partial charge is 0.150 e. The van der Waals surface area contributed by atoms with E-state index in [9.17, 15) is 4.39 Å². The summed E-state index contributed by atoms with van der Waals surface area (Å²) >= 11 is 5.88. The van der Waals surface area contributed by atoms with Crippen molar-refractivity contribution in [3.63, 3.8) is 0 Å². The number of rotatable bonds is 2. The van der Waals surface area contributed by atoms with Gasteiger partial charge < -0.3 is 5.43 Å². The van der Waals surface area contributed by atoms with Crippen LogP contribution in [0.4, 0.5) is 10.1 Å². The molecule has 1 aliphatic rings. The number of benzene rings is 1. The molecule has 1 aliphatic carbocycles. The van der Waals surface area contributed by atoms with Crippen molar-refractivity contribution < 1.29 is 4.39 Å². The van der Waals surface area contributed by atoms with Crippen LogP contribution in [0.1, 0.15) is 37.3 Å². The summed E-state index contributed by atoms with van der Waals surface area (Å²) in [5.41, 5.74) is 4.55. The van der Waals surface area contributed by atoms with Gasteiger partial charge in [0, 0.05) is 22.0 Å². The van der Waals surface area contributed by atoms with Crippen molar-refractivity contribution in [1.29, 1.82) is 0 Å². The molecule has 0 aliphatic heterocycles. The summed E-state index contributed by atoms with van der Waals surface area (Å²) < 4.78 is 14.0. The van der Waals surface area contributed by atoms with E-state index in [2.05, 4.69) is 10.4 Å². The van der Waals surface area contributed by atoms with E-state index in [1.807, 2.05) is 6.07 Å². The van der Waals surface area contributed by atoms with Gasteiger partial charge in [-0.3, -0.25) is 5.84 Å². The largest absolute Gasteiger partial charge is 0.323 e. The van der Waals surface area contributed by atoms with Crippen LogP contribution in [0.2, 0.25) is 5.02 Å². The Morgan fingerprint density at radius 3 is 2.68 bits per heavy atom. The molecule has 1 heterocycles. The standard InChI is InChI=1S/C14H15ClFN3/c15-9-5-10-13(19-17)7-12(8-3-1-2-4-8)18-14(10)11(16)6-9/h5-8H,1-4,17H2,(H,18,19). The maximum atomic E-state index is 14.0. The average molecular weight is 280 g/mol. The van der Waals surface area contributed by atoms with E-state index < -0.39 is 5.82 Å². The molecule has 0 bridgehead atoms. The van der Waals surface area contributed by atoms with Crippen LogP contribution < -0.4 is 11.3 Å². The van der Waals surface area contributed by atoms with Gasteiger partial charge in [0.25, 0.3) is 0 Å². The number of halogens is 2. The number of hydrazine groups is 1. The van der Waals surface area contributed by atoms with E-state index in [1.165, 1.54) is 18.9 Å². The summed E-state index contributed by atoms with van der Waals surface area (Å²) in [6, 6.07) is 4.88. The quantitative estimate of drug-likeness (QED) is 0.646. The van der Waals surface area contributed by atoms with E-state index in [0.717, 1.165) is 18.5 Å². The second-order valence-electron chi connectivity index (χ2n) is 5.00. The van der Waals surface area contributed by atoms with Gasteiger partial charge in [-0.2, -0.15) is 0 Å². The Kier molecular flexibility index (Phi) is 3.29. The third-order valence-electron chi connectivity index (χ3n) is 3.78. The van der Waals surface area contributed by atoms with Crippen LogP contribution in [0, 0.1) is 5.82 Å². The number of fused-ring (bicyclic) bond motifs is 1. The number of anilines is 1. The topological polar surface area (TPSA) is 50.9 Å². The first-order chi connectivity index (χ1) is 9.19. The maximum Gasteiger partial charge on any atom is 0.150 e. The normalized spacial score (nSPS) is 16.2. The molecule has 0 radical (unpaired) electrons. The molecule has 2 aromatic rings. The van der Waals surface area contributed by atoms with Crippen molar-refractivity contribution >= 4 is 28.2 Å². The Bertz CT molecular complexity index is 624. The molecule has 3 N–H and O–H groups in total. The van der Waals surface area contributed by atoms with Crippen molar-refractivity contribution in [3.8, 4) is 0 Å². The molecule has 5 heteroatoms. The average Bonchev–Trinajstić information content (AvgIpc) is 2.91. The summed E-state index contributed by atoms with van der Waals surface area (Å²) in [7, 11) is 0. The van der Waals surface area contributed by atoms with Crippen molar-refractivity contribution in [1.82, 2.24) is 4.98 Å². The second kappa shape index (κ2) is 4.94. The zero-order valence-electron chi connectivity index (χ0n) is 10.4. The lowest BCUT2D eigenvalue weighted by Crippen LogP contribution is -2.09. The number of nitrogen functional groups attached to an aromatic ring is 1. The fourth-order valence-corrected chi connectivity index (χ4v) is 3.03. The molecular weight excluding hydrogens is 265 g/mol. The van der Waals surface area contributed by atoms with Gasteiger partial charge in [0.15, 0.2) is 5.82 Å². The molecule has 1 saturated carbocycles. The molecule has 100 valence electrons. The van der Waals surface area contributed by atoms with E-state index >= 15 is 0 Å². The van der Waals surface area contributed by atoms with Crippen molar-refractivity contribution in [2.75, 3.05) is 5.43 Å². The lowest BCUT2D eigenvalue weighted by Gasteiger charge is -2.13. The van der Waals surface area contributed by atoms with Crippen molar-refractivity contribution in [2.24, 2.45) is 5.84 Å². The summed E-state index contributed by atoms with van der Waals surface area (Å²) in [6.07, 6.45) is 4.63. The van der Waals surface area contributed by atoms with Crippen LogP contribution in [0.3, 0.4) is 0 Å². The van der Waals surface area contributed by atoms with Crippen LogP contribution >= 0.6 is 11.6 Å². The first kappa shape index (κ1) is 12.6. The van der Waals surface area contributed by atoms with Crippen LogP contribution in [0.5, 0.6) is 0 Å². The zero-order valence-corrected chi connectivity index (χ0v) is 11.2. The summed E-state index contributed by atoms with van der Waals surface area (Å²) in [4.78, 5) is 4.48. The molecule has 0 atom stereocenters. The van der Waals surface area contributed by atoms with Crippen LogP contribution in [0.15, 0.2) is 18.2 Å². The second-order valence-corrected chi connectivity index (χ2v) is 5.44. The highest BCUT2D eigenvalue weighted by atomic mass is 35.5. The molecule has 0 amide bonds. The number of hydrogen-bond donors (Lipinski definition) is 2. The molecule has 3 nitrogen and oxygen atoms in total. The molecular formula is C14H15ClFN3. The first-order valence-electron chi connectivity index (χ1n) is 6.45. The third kappa shape index (κ3) is 2.26. The highest BCUT2D eigenvalue weighted by Crippen LogP contribution is 2.36. The Morgan fingerprint density at radius 2 is 2.00 bits per heavy atom. The van der Waals surface area contributed by atoms with Gasteiger partial charge >= 0.3 is 0 Å². The first-order valence-corrected chi connectivity index (χ1v) is 6.83. The molecule has 1 aromatic carbocycles. The third-order valence-corrected chi connectivity index (χ3v) is 4.00. The highest BCUT2D eigenvalue weighted by Gasteiger charge is 2.20. The van der Waals surface area contributed by atoms with Crippen LogP contribution in [0.25, 0.3) is 10.9 Å². The molecule has 1 fully saturated rings. The number of nitrogens with two attached hydrogens (primary N) is 1. The number of pyridine rings is 1. The summed E-state index contributed by atoms with van der Waals surface area (Å²) in [5, 5.41) is 0.964. The minimum Gasteiger partial charge on any atom is -0.323 e. The Labute approximate surface area is 115 Å². The van der Waals surface area contributed by atoms with Crippen LogP contribution in [-0.4, -0.2) is 4.98 Å². The van der Waals surface area contributed by atoms with Gasteiger partial charge in [0.1, 0.15) is 5.52 Å². The van der Waals surface area contributed by atoms with Gasteiger partial charge in [-0.1, -0.05) is 24.4 Å². The lowest BCUT2D eigenvalue weighted by molar-refractivity contribution is 0.633. The fourth-order valence-electron chi connectivity index (χ4n) is 2.82. The molecule has 19 heavy (non-hydrogen) atoms. The number of hydrogen-bond acceptors (Lipinski definition) is 3. The molecule has 0 spiro atoms. The van der Waals surface area contributed by atoms with Gasteiger partial charge in [0.2, 0.25) is 0 Å². The fraction of sp³-hybridized carbons (Fsp3) is 0.357. The van der Waals surface area contributed by atoms with Gasteiger partial charge in [0.05, 0.1) is 5.69 Å². The lowest BCUT2D eigenvalue weighted by atomic mass is 10.0. The minimum absolute atomic E-state index is 0.335. The summed E-state index contributed by atoms with van der Waals surface area (Å²) in [5.74, 6) is 5.55. The van der Waals surface area contributed by atoms with Gasteiger partial charge in [-0.25, -0.2) is 9.37 Å². The van der Waals surface area contributed by atoms with E-state index in [-0.39, 0.29) is 0 Å². The minimum atomic E-state index is -0.404. The monoisotopic (exact) mass is 279 g/mol. The summed E-state index contributed by atoms with van der Waals surface area (Å²) in [6.45, 7) is 0. The molecule has 0 saturated heterocycles. The van der Waals surface area contributed by atoms with Gasteiger partial charge in [-0.15, -0.1) is 0 Å². The predicted molar refractivity (Wildman–Crippen MR) is 75.7 cm³/mol. The Morgan fingerprint density at radius 1 is 1.26 bits per heavy atom. The van der Waals surface area contributed by atoms with E-state index in [1.54, 1.807) is 6.07 Å². The highest BCUT2D eigenvalue weighted by molar-refractivity contribution is 6.31. The Hall–Kier alpha value is -1.39. The van der Waals surface area contributed by atoms with Gasteiger partial charge in [-0.05, 0) is 31.0 Å². The maximum absolute atomic E-state index is 14.0. The van der Waals surface area contributed by atoms with E-state index in [4.69, 9.17) is 17.4 Å². The van der Waals surface area contributed by atoms with Crippen LogP contribution in [-0.2, 0) is 0 Å². The molecule has 1 aromatic heterocycles. The molecule has 3 rings (SSSR count).